The fourth-order valence-corrected chi connectivity index (χ4v) is 10.7. The third-order valence-corrected chi connectivity index (χ3v) is 13.4. The van der Waals surface area contributed by atoms with Crippen LogP contribution in [0.25, 0.3) is 78.5 Å². The molecule has 0 spiro atoms. The highest BCUT2D eigenvalue weighted by Gasteiger charge is 2.29. The molecule has 0 unspecified atom stereocenters. The Balaban J connectivity index is 1.03. The zero-order valence-corrected chi connectivity index (χ0v) is 31.4. The van der Waals surface area contributed by atoms with Gasteiger partial charge in [-0.2, -0.15) is 0 Å². The van der Waals surface area contributed by atoms with Crippen LogP contribution in [0.1, 0.15) is 17.7 Å². The van der Waals surface area contributed by atoms with Crippen LogP contribution in [-0.4, -0.2) is 14.5 Å². The van der Waals surface area contributed by atoms with Crippen molar-refractivity contribution in [2.45, 2.75) is 32.4 Å². The largest absolute Gasteiger partial charge is 0.312 e. The minimum absolute atomic E-state index is 0.714. The van der Waals surface area contributed by atoms with Gasteiger partial charge in [0.25, 0.3) is 0 Å². The van der Waals surface area contributed by atoms with E-state index in [0.29, 0.717) is 5.82 Å². The maximum absolute atomic E-state index is 5.10. The van der Waals surface area contributed by atoms with E-state index in [1.54, 1.807) is 0 Å². The molecule has 9 aromatic rings. The number of fused-ring (bicyclic) bond motifs is 9. The summed E-state index contributed by atoms with van der Waals surface area (Å²) in [6.07, 6.45) is 6.76. The number of hydrogen-bond donors (Lipinski definition) is 0. The Morgan fingerprint density at radius 1 is 0.491 bits per heavy atom. The number of nitrogens with zero attached hydrogens (tertiary/aromatic N) is 3. The lowest BCUT2D eigenvalue weighted by molar-refractivity contribution is 0.884. The molecule has 0 atom stereocenters. The highest BCUT2D eigenvalue weighted by molar-refractivity contribution is 8.05. The average molecular weight is 740 g/mol. The summed E-state index contributed by atoms with van der Waals surface area (Å²) in [5.74, 6) is 0.714. The van der Waals surface area contributed by atoms with Crippen molar-refractivity contribution in [3.63, 3.8) is 0 Å². The van der Waals surface area contributed by atoms with Gasteiger partial charge in [0.2, 0.25) is 0 Å². The number of rotatable bonds is 5. The van der Waals surface area contributed by atoms with Crippen LogP contribution in [0.3, 0.4) is 0 Å². The molecule has 1 aliphatic carbocycles. The zero-order valence-electron chi connectivity index (χ0n) is 29.8. The summed E-state index contributed by atoms with van der Waals surface area (Å²) in [7, 11) is 0. The average Bonchev–Trinajstić information content (AvgIpc) is 3.62. The number of benzene rings is 7. The summed E-state index contributed by atoms with van der Waals surface area (Å²) in [6, 6.07) is 58.4. The summed E-state index contributed by atoms with van der Waals surface area (Å²) < 4.78 is 2.56. The second-order valence-electron chi connectivity index (χ2n) is 14.0. The number of allylic oxidation sites excluding steroid dienone is 1. The Kier molecular flexibility index (Phi) is 7.82. The summed E-state index contributed by atoms with van der Waals surface area (Å²) in [6.45, 7) is 0. The van der Waals surface area contributed by atoms with Crippen LogP contribution >= 0.6 is 23.5 Å². The lowest BCUT2D eigenvalue weighted by atomic mass is 9.98. The minimum atomic E-state index is 0.714. The van der Waals surface area contributed by atoms with Crippen LogP contribution in [0.5, 0.6) is 0 Å². The normalized spacial score (nSPS) is 13.1. The molecule has 2 aromatic heterocycles. The lowest BCUT2D eigenvalue weighted by Crippen LogP contribution is -2.04. The van der Waals surface area contributed by atoms with Gasteiger partial charge in [0.05, 0.1) is 21.8 Å². The molecule has 0 radical (unpaired) electrons. The molecular formula is C50H33N3S2. The molecule has 7 aromatic carbocycles. The van der Waals surface area contributed by atoms with Crippen molar-refractivity contribution in [1.29, 1.82) is 0 Å². The third-order valence-electron chi connectivity index (χ3n) is 10.7. The zero-order chi connectivity index (χ0) is 36.3. The first-order chi connectivity index (χ1) is 27.3. The first-order valence-corrected chi connectivity index (χ1v) is 20.3. The van der Waals surface area contributed by atoms with Gasteiger partial charge in [0.1, 0.15) is 0 Å². The summed E-state index contributed by atoms with van der Waals surface area (Å²) in [5.41, 5.74) is 12.5. The molecule has 1 aliphatic heterocycles. The maximum atomic E-state index is 5.10. The lowest BCUT2D eigenvalue weighted by Gasteiger charge is -2.23. The third kappa shape index (κ3) is 5.53. The van der Waals surface area contributed by atoms with Crippen LogP contribution in [-0.2, 0) is 6.42 Å². The standard InChI is InChI=1S/C50H33N3S2/c1-3-14-33(15-4-1)41-31-42(34-16-5-2-6-17-34)52-50(51-41)36-19-13-18-35(30-36)32-26-28-37(29-27-32)53-43-23-10-9-22-40(43)46-38-20-7-8-21-39(38)48-49(47(46)53)55-45-25-12-11-24-44(45)54-48/h1-9,11-22,24-31H,10,23H2. The van der Waals surface area contributed by atoms with Crippen molar-refractivity contribution in [2.24, 2.45) is 0 Å². The molecule has 0 amide bonds. The van der Waals surface area contributed by atoms with Crippen LogP contribution in [0.2, 0.25) is 0 Å². The fraction of sp³-hybridized carbons (Fsp3) is 0.0400. The van der Waals surface area contributed by atoms with E-state index >= 15 is 0 Å². The molecule has 5 heteroatoms. The van der Waals surface area contributed by atoms with E-state index in [0.717, 1.165) is 52.0 Å². The van der Waals surface area contributed by atoms with E-state index < -0.39 is 0 Å². The minimum Gasteiger partial charge on any atom is -0.312 e. The molecule has 0 saturated heterocycles. The molecule has 0 N–H and O–H groups in total. The van der Waals surface area contributed by atoms with E-state index in [1.807, 2.05) is 35.7 Å². The highest BCUT2D eigenvalue weighted by atomic mass is 32.2. The molecule has 11 rings (SSSR count). The molecule has 3 nitrogen and oxygen atoms in total. The quantitative estimate of drug-likeness (QED) is 0.176. The molecule has 0 bridgehead atoms. The van der Waals surface area contributed by atoms with E-state index in [2.05, 4.69) is 168 Å². The van der Waals surface area contributed by atoms with Gasteiger partial charge in [0, 0.05) is 53.7 Å². The predicted octanol–water partition coefficient (Wildman–Crippen LogP) is 13.8. The van der Waals surface area contributed by atoms with Gasteiger partial charge in [-0.25, -0.2) is 9.97 Å². The summed E-state index contributed by atoms with van der Waals surface area (Å²) in [5, 5.41) is 4.02. The van der Waals surface area contributed by atoms with Gasteiger partial charge in [-0.1, -0.05) is 163 Å². The molecule has 2 aliphatic rings. The first-order valence-electron chi connectivity index (χ1n) is 18.7. The summed E-state index contributed by atoms with van der Waals surface area (Å²) >= 11 is 3.83. The van der Waals surface area contributed by atoms with Crippen LogP contribution in [0.15, 0.2) is 189 Å². The molecule has 3 heterocycles. The fourth-order valence-electron chi connectivity index (χ4n) is 8.15. The van der Waals surface area contributed by atoms with Gasteiger partial charge >= 0.3 is 0 Å². The maximum Gasteiger partial charge on any atom is 0.160 e. The van der Waals surface area contributed by atoms with Gasteiger partial charge < -0.3 is 4.57 Å². The SMILES string of the molecule is C1=Cc2c(n(-c3ccc(-c4cccc(-c5nc(-c6ccccc6)cc(-c6ccccc6)n5)c4)cc3)c3c4c(c5ccccc5c23)Sc2ccccc2S4)CC1. The van der Waals surface area contributed by atoms with E-state index in [-0.39, 0.29) is 0 Å². The second kappa shape index (κ2) is 13.3. The van der Waals surface area contributed by atoms with Crippen molar-refractivity contribution in [2.75, 3.05) is 0 Å². The Morgan fingerprint density at radius 3 is 1.80 bits per heavy atom. The number of aromatic nitrogens is 3. The topological polar surface area (TPSA) is 30.7 Å². The molecular weight excluding hydrogens is 707 g/mol. The Labute approximate surface area is 328 Å². The van der Waals surface area contributed by atoms with Crippen molar-refractivity contribution < 1.29 is 0 Å². The van der Waals surface area contributed by atoms with Gasteiger partial charge in [0.15, 0.2) is 5.82 Å². The first kappa shape index (κ1) is 32.3. The van der Waals surface area contributed by atoms with Crippen molar-refractivity contribution >= 4 is 51.3 Å². The van der Waals surface area contributed by atoms with Crippen LogP contribution in [0, 0.1) is 0 Å². The molecule has 0 fully saturated rings. The smallest absolute Gasteiger partial charge is 0.160 e. The van der Waals surface area contributed by atoms with Gasteiger partial charge in [-0.3, -0.25) is 0 Å². The van der Waals surface area contributed by atoms with E-state index in [4.69, 9.17) is 9.97 Å². The molecule has 55 heavy (non-hydrogen) atoms. The van der Waals surface area contributed by atoms with Crippen molar-refractivity contribution in [3.8, 4) is 50.7 Å². The molecule has 260 valence electrons. The van der Waals surface area contributed by atoms with E-state index in [1.165, 1.54) is 58.2 Å². The van der Waals surface area contributed by atoms with Crippen molar-refractivity contribution in [3.05, 3.63) is 181 Å². The van der Waals surface area contributed by atoms with Crippen LogP contribution in [0.4, 0.5) is 0 Å². The Bertz CT molecular complexity index is 2910. The van der Waals surface area contributed by atoms with Gasteiger partial charge in [-0.15, -0.1) is 0 Å². The highest BCUT2D eigenvalue weighted by Crippen LogP contribution is 2.56. The van der Waals surface area contributed by atoms with Gasteiger partial charge in [-0.05, 0) is 71.1 Å². The van der Waals surface area contributed by atoms with Crippen molar-refractivity contribution in [1.82, 2.24) is 14.5 Å². The Morgan fingerprint density at radius 2 is 1.09 bits per heavy atom. The summed E-state index contributed by atoms with van der Waals surface area (Å²) in [4.78, 5) is 15.6. The predicted molar refractivity (Wildman–Crippen MR) is 230 cm³/mol. The molecule has 0 saturated carbocycles. The second-order valence-corrected chi connectivity index (χ2v) is 16.1. The number of hydrogen-bond acceptors (Lipinski definition) is 4. The monoisotopic (exact) mass is 739 g/mol. The van der Waals surface area contributed by atoms with Crippen LogP contribution < -0.4 is 0 Å². The van der Waals surface area contributed by atoms with E-state index in [9.17, 15) is 0 Å². The Hall–Kier alpha value is -6.14.